The third-order valence-corrected chi connectivity index (χ3v) is 6.45. The summed E-state index contributed by atoms with van der Waals surface area (Å²) in [7, 11) is -1.18. The van der Waals surface area contributed by atoms with Gasteiger partial charge in [0.25, 0.3) is 5.91 Å². The predicted molar refractivity (Wildman–Crippen MR) is 117 cm³/mol. The summed E-state index contributed by atoms with van der Waals surface area (Å²) in [6.07, 6.45) is 0. The monoisotopic (exact) mass is 432 g/mol. The Kier molecular flexibility index (Phi) is 8.70. The lowest BCUT2D eigenvalue weighted by Gasteiger charge is -2.17. The second-order valence-electron chi connectivity index (χ2n) is 7.88. The molecule has 0 radical (unpaired) electrons. The smallest absolute Gasteiger partial charge is 0.256 e. The molecule has 0 aliphatic rings. The van der Waals surface area contributed by atoms with E-state index >= 15 is 0 Å². The third-order valence-electron chi connectivity index (χ3n) is 4.02. The van der Waals surface area contributed by atoms with E-state index in [1.54, 1.807) is 36.5 Å². The van der Waals surface area contributed by atoms with Crippen molar-refractivity contribution in [3.05, 3.63) is 46.2 Å². The van der Waals surface area contributed by atoms with E-state index in [1.165, 1.54) is 0 Å². The predicted octanol–water partition coefficient (Wildman–Crippen LogP) is 4.66. The molecule has 0 saturated heterocycles. The third kappa shape index (κ3) is 8.27. The first-order valence-corrected chi connectivity index (χ1v) is 14.1. The lowest BCUT2D eigenvalue weighted by atomic mass is 10.1. The van der Waals surface area contributed by atoms with Gasteiger partial charge in [-0.3, -0.25) is 4.79 Å². The summed E-state index contributed by atoms with van der Waals surface area (Å²) in [4.78, 5) is 12.5. The average molecular weight is 433 g/mol. The number of amides is 1. The van der Waals surface area contributed by atoms with Crippen molar-refractivity contribution in [2.24, 2.45) is 0 Å². The summed E-state index contributed by atoms with van der Waals surface area (Å²) in [6, 6.07) is 9.46. The zero-order valence-electron chi connectivity index (χ0n) is 17.4. The summed E-state index contributed by atoms with van der Waals surface area (Å²) in [5.41, 5.74) is 1.42. The Hall–Kier alpha value is -2.34. The van der Waals surface area contributed by atoms with Gasteiger partial charge in [-0.2, -0.15) is 16.6 Å². The fourth-order valence-electron chi connectivity index (χ4n) is 2.29. The molecule has 1 amide bonds. The Balaban J connectivity index is 2.05. The molecule has 0 spiro atoms. The van der Waals surface area contributed by atoms with Crippen LogP contribution in [0.25, 0.3) is 0 Å². The summed E-state index contributed by atoms with van der Waals surface area (Å²) >= 11 is 1.61. The van der Waals surface area contributed by atoms with Crippen molar-refractivity contribution in [2.45, 2.75) is 45.3 Å². The lowest BCUT2D eigenvalue weighted by Crippen LogP contribution is -2.31. The molecule has 1 aromatic carbocycles. The molecule has 8 heteroatoms. The molecule has 1 N–H and O–H groups in total. The molecule has 1 unspecified atom stereocenters. The van der Waals surface area contributed by atoms with Gasteiger partial charge >= 0.3 is 0 Å². The van der Waals surface area contributed by atoms with Crippen LogP contribution in [0.4, 0.5) is 0 Å². The number of ether oxygens (including phenoxy) is 3. The maximum absolute atomic E-state index is 12.5. The van der Waals surface area contributed by atoms with Crippen molar-refractivity contribution < 1.29 is 19.0 Å². The number of hydrogen-bond acceptors (Lipinski definition) is 6. The summed E-state index contributed by atoms with van der Waals surface area (Å²) in [5, 5.41) is 15.6. The molecule has 0 bridgehead atoms. The minimum Gasteiger partial charge on any atom is -0.489 e. The minimum atomic E-state index is -1.18. The molecule has 156 valence electrons. The number of nitriles is 1. The van der Waals surface area contributed by atoms with Crippen LogP contribution in [0.15, 0.2) is 35.0 Å². The molecule has 1 aromatic heterocycles. The van der Waals surface area contributed by atoms with Crippen LogP contribution in [-0.2, 0) is 11.3 Å². The highest BCUT2D eigenvalue weighted by atomic mass is 32.1. The van der Waals surface area contributed by atoms with Crippen LogP contribution in [0.2, 0.25) is 25.7 Å². The van der Waals surface area contributed by atoms with Gasteiger partial charge < -0.3 is 19.5 Å². The first-order chi connectivity index (χ1) is 13.8. The van der Waals surface area contributed by atoms with Gasteiger partial charge in [-0.25, -0.2) is 0 Å². The van der Waals surface area contributed by atoms with Gasteiger partial charge in [0.15, 0.2) is 6.79 Å². The average Bonchev–Trinajstić information content (AvgIpc) is 3.18. The quantitative estimate of drug-likeness (QED) is 0.317. The number of hydrogen-bond donors (Lipinski definition) is 1. The second kappa shape index (κ2) is 11.0. The van der Waals surface area contributed by atoms with Gasteiger partial charge in [-0.05, 0) is 47.5 Å². The lowest BCUT2D eigenvalue weighted by molar-refractivity contribution is 0.0213. The number of carbonyl (C=O) groups excluding carboxylic acids is 1. The molecule has 0 saturated carbocycles. The largest absolute Gasteiger partial charge is 0.489 e. The van der Waals surface area contributed by atoms with Gasteiger partial charge in [0, 0.05) is 20.7 Å². The number of rotatable bonds is 11. The van der Waals surface area contributed by atoms with Crippen LogP contribution < -0.4 is 14.8 Å². The molecule has 1 atom stereocenters. The SMILES string of the molecule is CC(C#N)NC(=O)c1ccc(OCc2ccsc2)cc1OCOCC[Si](C)(C)C. The van der Waals surface area contributed by atoms with Gasteiger partial charge in [-0.1, -0.05) is 19.6 Å². The fraction of sp³-hybridized carbons (Fsp3) is 0.429. The standard InChI is InChI=1S/C21H28N2O4SSi/c1-16(12-22)23-21(24)19-6-5-18(26-13-17-7-9-28-14-17)11-20(19)27-15-25-8-10-29(2,3)4/h5-7,9,11,14,16H,8,10,13,15H2,1-4H3,(H,23,24). The Morgan fingerprint density at radius 1 is 1.28 bits per heavy atom. The van der Waals surface area contributed by atoms with Gasteiger partial charge in [0.05, 0.1) is 11.6 Å². The van der Waals surface area contributed by atoms with Gasteiger partial charge in [0.2, 0.25) is 0 Å². The molecule has 6 nitrogen and oxygen atoms in total. The van der Waals surface area contributed by atoms with Gasteiger partial charge in [-0.15, -0.1) is 0 Å². The fourth-order valence-corrected chi connectivity index (χ4v) is 3.70. The van der Waals surface area contributed by atoms with E-state index in [2.05, 4.69) is 25.0 Å². The molecular formula is C21H28N2O4SSi. The highest BCUT2D eigenvalue weighted by molar-refractivity contribution is 7.07. The van der Waals surface area contributed by atoms with E-state index < -0.39 is 14.1 Å². The number of benzene rings is 1. The first-order valence-electron chi connectivity index (χ1n) is 9.47. The number of nitrogens with zero attached hydrogens (tertiary/aromatic N) is 1. The summed E-state index contributed by atoms with van der Waals surface area (Å²) in [5.74, 6) is 0.585. The van der Waals surface area contributed by atoms with E-state index in [-0.39, 0.29) is 12.7 Å². The Morgan fingerprint density at radius 2 is 2.07 bits per heavy atom. The van der Waals surface area contributed by atoms with Crippen LogP contribution in [-0.4, -0.2) is 33.4 Å². The van der Waals surface area contributed by atoms with Crippen molar-refractivity contribution in [2.75, 3.05) is 13.4 Å². The molecular weight excluding hydrogens is 404 g/mol. The number of carbonyl (C=O) groups is 1. The van der Waals surface area contributed by atoms with Gasteiger partial charge in [0.1, 0.15) is 24.1 Å². The first kappa shape index (κ1) is 22.9. The van der Waals surface area contributed by atoms with E-state index in [0.717, 1.165) is 11.6 Å². The summed E-state index contributed by atoms with van der Waals surface area (Å²) < 4.78 is 17.1. The molecule has 0 aliphatic heterocycles. The molecule has 2 rings (SSSR count). The van der Waals surface area contributed by atoms with Crippen LogP contribution in [0.3, 0.4) is 0 Å². The minimum absolute atomic E-state index is 0.0482. The van der Waals surface area contributed by atoms with Crippen LogP contribution >= 0.6 is 11.3 Å². The van der Waals surface area contributed by atoms with Crippen LogP contribution in [0.1, 0.15) is 22.8 Å². The van der Waals surface area contributed by atoms with E-state index in [0.29, 0.717) is 30.3 Å². The zero-order chi connectivity index (χ0) is 21.3. The topological polar surface area (TPSA) is 80.6 Å². The van der Waals surface area contributed by atoms with E-state index in [4.69, 9.17) is 19.5 Å². The second-order valence-corrected chi connectivity index (χ2v) is 14.3. The highest BCUT2D eigenvalue weighted by Gasteiger charge is 2.17. The molecule has 2 aromatic rings. The maximum Gasteiger partial charge on any atom is 0.256 e. The Labute approximate surface area is 177 Å². The normalized spacial score (nSPS) is 12.1. The van der Waals surface area contributed by atoms with Crippen molar-refractivity contribution in [3.63, 3.8) is 0 Å². The van der Waals surface area contributed by atoms with E-state index in [1.807, 2.05) is 22.9 Å². The highest BCUT2D eigenvalue weighted by Crippen LogP contribution is 2.26. The van der Waals surface area contributed by atoms with Crippen LogP contribution in [0.5, 0.6) is 11.5 Å². The van der Waals surface area contributed by atoms with Crippen molar-refractivity contribution in [3.8, 4) is 17.6 Å². The van der Waals surface area contributed by atoms with Crippen molar-refractivity contribution in [1.82, 2.24) is 5.32 Å². The van der Waals surface area contributed by atoms with E-state index in [9.17, 15) is 4.79 Å². The van der Waals surface area contributed by atoms with Crippen molar-refractivity contribution in [1.29, 1.82) is 5.26 Å². The Morgan fingerprint density at radius 3 is 2.72 bits per heavy atom. The van der Waals surface area contributed by atoms with Crippen LogP contribution in [0, 0.1) is 11.3 Å². The maximum atomic E-state index is 12.5. The molecule has 0 fully saturated rings. The number of thiophene rings is 1. The van der Waals surface area contributed by atoms with Crippen molar-refractivity contribution >= 4 is 25.3 Å². The molecule has 1 heterocycles. The zero-order valence-corrected chi connectivity index (χ0v) is 19.2. The molecule has 0 aliphatic carbocycles. The number of nitrogens with one attached hydrogen (secondary N) is 1. The summed E-state index contributed by atoms with van der Waals surface area (Å²) in [6.45, 7) is 9.57. The Bertz CT molecular complexity index is 828. The molecule has 29 heavy (non-hydrogen) atoms.